The van der Waals surface area contributed by atoms with Crippen LogP contribution in [0.4, 0.5) is 0 Å². The van der Waals surface area contributed by atoms with E-state index in [1.54, 1.807) is 44.6 Å². The van der Waals surface area contributed by atoms with E-state index in [0.717, 1.165) is 5.75 Å². The zero-order chi connectivity index (χ0) is 21.3. The maximum absolute atomic E-state index is 12.5. The number of allylic oxidation sites excluding steroid dienone is 1. The number of carbonyl (C=O) groups is 1. The molecule has 156 valence electrons. The van der Waals surface area contributed by atoms with Gasteiger partial charge in [0.2, 0.25) is 0 Å². The maximum atomic E-state index is 12.5. The van der Waals surface area contributed by atoms with E-state index in [0.29, 0.717) is 34.6 Å². The molecule has 0 saturated heterocycles. The molecule has 1 aromatic heterocycles. The van der Waals surface area contributed by atoms with Gasteiger partial charge in [0.1, 0.15) is 23.9 Å². The van der Waals surface area contributed by atoms with E-state index < -0.39 is 0 Å². The average molecular weight is 426 g/mol. The van der Waals surface area contributed by atoms with Crippen molar-refractivity contribution in [2.75, 3.05) is 20.0 Å². The highest BCUT2D eigenvalue weighted by Crippen LogP contribution is 2.22. The second kappa shape index (κ2) is 10.5. The predicted molar refractivity (Wildman–Crippen MR) is 116 cm³/mol. The van der Waals surface area contributed by atoms with E-state index in [1.807, 2.05) is 28.8 Å². The Balaban J connectivity index is 1.63. The molecule has 0 aliphatic rings. The molecule has 8 heteroatoms. The van der Waals surface area contributed by atoms with Gasteiger partial charge in [0.25, 0.3) is 0 Å². The molecule has 0 amide bonds. The normalized spacial score (nSPS) is 10.5. The van der Waals surface area contributed by atoms with Gasteiger partial charge in [-0.15, -0.1) is 16.8 Å². The van der Waals surface area contributed by atoms with Gasteiger partial charge in [-0.25, -0.2) is 0 Å². The van der Waals surface area contributed by atoms with Gasteiger partial charge in [-0.3, -0.25) is 9.36 Å². The van der Waals surface area contributed by atoms with Crippen LogP contribution in [0, 0.1) is 0 Å². The Bertz CT molecular complexity index is 985. The van der Waals surface area contributed by atoms with Gasteiger partial charge >= 0.3 is 0 Å². The number of nitrogens with zero attached hydrogens (tertiary/aromatic N) is 3. The second-order valence-electron chi connectivity index (χ2n) is 6.20. The molecule has 0 bridgehead atoms. The third-order valence-corrected chi connectivity index (χ3v) is 5.24. The molecule has 0 N–H and O–H groups in total. The highest BCUT2D eigenvalue weighted by atomic mass is 32.2. The van der Waals surface area contributed by atoms with Crippen LogP contribution in [0.15, 0.2) is 66.3 Å². The summed E-state index contributed by atoms with van der Waals surface area (Å²) in [6.07, 6.45) is 1.76. The van der Waals surface area contributed by atoms with E-state index in [9.17, 15) is 4.79 Å². The van der Waals surface area contributed by atoms with Gasteiger partial charge in [-0.05, 0) is 48.5 Å². The molecule has 3 rings (SSSR count). The third-order valence-electron chi connectivity index (χ3n) is 4.28. The lowest BCUT2D eigenvalue weighted by Crippen LogP contribution is -2.09. The quantitative estimate of drug-likeness (QED) is 0.261. The van der Waals surface area contributed by atoms with Crippen LogP contribution in [0.2, 0.25) is 0 Å². The SMILES string of the molecule is C=CCn1c(COc2ccc(OC)cc2)nnc1SCC(=O)c1ccc(OC)cc1. The minimum atomic E-state index is 0.00633. The summed E-state index contributed by atoms with van der Waals surface area (Å²) in [6, 6.07) is 14.4. The summed E-state index contributed by atoms with van der Waals surface area (Å²) in [7, 11) is 3.21. The number of carbonyl (C=O) groups excluding carboxylic acids is 1. The fourth-order valence-corrected chi connectivity index (χ4v) is 3.52. The van der Waals surface area contributed by atoms with Crippen molar-refractivity contribution < 1.29 is 19.0 Å². The van der Waals surface area contributed by atoms with Crippen molar-refractivity contribution in [3.63, 3.8) is 0 Å². The van der Waals surface area contributed by atoms with Crippen LogP contribution in [0.5, 0.6) is 17.2 Å². The molecule has 30 heavy (non-hydrogen) atoms. The molecular formula is C22H23N3O4S. The molecule has 3 aromatic rings. The first-order valence-electron chi connectivity index (χ1n) is 9.24. The van der Waals surface area contributed by atoms with Gasteiger partial charge < -0.3 is 14.2 Å². The Kier molecular flexibility index (Phi) is 7.51. The number of ether oxygens (including phenoxy) is 3. The Morgan fingerprint density at radius 2 is 1.60 bits per heavy atom. The van der Waals surface area contributed by atoms with Gasteiger partial charge in [0, 0.05) is 12.1 Å². The Morgan fingerprint density at radius 3 is 2.20 bits per heavy atom. The van der Waals surface area contributed by atoms with Gasteiger partial charge in [0.05, 0.1) is 20.0 Å². The number of benzene rings is 2. The van der Waals surface area contributed by atoms with Gasteiger partial charge in [0.15, 0.2) is 16.8 Å². The maximum Gasteiger partial charge on any atom is 0.192 e. The standard InChI is InChI=1S/C22H23N3O4S/c1-4-13-25-21(14-29-19-11-9-18(28-3)10-12-19)23-24-22(25)30-15-20(26)16-5-7-17(27-2)8-6-16/h4-12H,1,13-15H2,2-3H3. The summed E-state index contributed by atoms with van der Waals surface area (Å²) >= 11 is 1.34. The Hall–Kier alpha value is -3.26. The molecule has 7 nitrogen and oxygen atoms in total. The van der Waals surface area contributed by atoms with Crippen molar-refractivity contribution in [3.8, 4) is 17.2 Å². The van der Waals surface area contributed by atoms with Crippen LogP contribution in [-0.2, 0) is 13.2 Å². The van der Waals surface area contributed by atoms with Crippen molar-refractivity contribution in [1.82, 2.24) is 14.8 Å². The zero-order valence-corrected chi connectivity index (χ0v) is 17.7. The van der Waals surface area contributed by atoms with Crippen molar-refractivity contribution in [3.05, 3.63) is 72.6 Å². The summed E-state index contributed by atoms with van der Waals surface area (Å²) in [5.74, 6) is 3.09. The van der Waals surface area contributed by atoms with Crippen LogP contribution >= 0.6 is 11.8 Å². The number of methoxy groups -OCH3 is 2. The number of hydrogen-bond acceptors (Lipinski definition) is 7. The molecule has 0 aliphatic carbocycles. The first-order chi connectivity index (χ1) is 14.6. The summed E-state index contributed by atoms with van der Waals surface area (Å²) in [4.78, 5) is 12.5. The van der Waals surface area contributed by atoms with Crippen LogP contribution < -0.4 is 14.2 Å². The van der Waals surface area contributed by atoms with Crippen molar-refractivity contribution in [2.45, 2.75) is 18.3 Å². The van der Waals surface area contributed by atoms with E-state index in [1.165, 1.54) is 11.8 Å². The molecule has 0 spiro atoms. The van der Waals surface area contributed by atoms with Crippen LogP contribution in [-0.4, -0.2) is 40.5 Å². The molecule has 1 heterocycles. The van der Waals surface area contributed by atoms with Gasteiger partial charge in [-0.2, -0.15) is 0 Å². The molecule has 2 aromatic carbocycles. The topological polar surface area (TPSA) is 75.5 Å². The number of aromatic nitrogens is 3. The van der Waals surface area contributed by atoms with E-state index in [-0.39, 0.29) is 18.1 Å². The molecule has 0 atom stereocenters. The molecule has 0 saturated carbocycles. The number of hydrogen-bond donors (Lipinski definition) is 0. The monoisotopic (exact) mass is 425 g/mol. The number of thioether (sulfide) groups is 1. The number of ketones is 1. The average Bonchev–Trinajstić information content (AvgIpc) is 3.18. The first-order valence-corrected chi connectivity index (χ1v) is 10.2. The largest absolute Gasteiger partial charge is 0.497 e. The van der Waals surface area contributed by atoms with Crippen LogP contribution in [0.25, 0.3) is 0 Å². The lowest BCUT2D eigenvalue weighted by molar-refractivity contribution is 0.102. The van der Waals surface area contributed by atoms with Crippen molar-refractivity contribution >= 4 is 17.5 Å². The van der Waals surface area contributed by atoms with E-state index >= 15 is 0 Å². The molecule has 0 aliphatic heterocycles. The lowest BCUT2D eigenvalue weighted by Gasteiger charge is -2.09. The third kappa shape index (κ3) is 5.42. The fourth-order valence-electron chi connectivity index (χ4n) is 2.66. The molecule has 0 unspecified atom stereocenters. The molecule has 0 fully saturated rings. The summed E-state index contributed by atoms with van der Waals surface area (Å²) in [5, 5.41) is 9.09. The zero-order valence-electron chi connectivity index (χ0n) is 16.9. The fraction of sp³-hybridized carbons (Fsp3) is 0.227. The molecule has 0 radical (unpaired) electrons. The smallest absolute Gasteiger partial charge is 0.192 e. The van der Waals surface area contributed by atoms with Gasteiger partial charge in [-0.1, -0.05) is 17.8 Å². The van der Waals surface area contributed by atoms with Crippen LogP contribution in [0.1, 0.15) is 16.2 Å². The summed E-state index contributed by atoms with van der Waals surface area (Å²) in [6.45, 7) is 4.57. The summed E-state index contributed by atoms with van der Waals surface area (Å²) < 4.78 is 18.0. The summed E-state index contributed by atoms with van der Waals surface area (Å²) in [5.41, 5.74) is 0.626. The lowest BCUT2D eigenvalue weighted by atomic mass is 10.1. The predicted octanol–water partition coefficient (Wildman–Crippen LogP) is 4.04. The van der Waals surface area contributed by atoms with Crippen LogP contribution in [0.3, 0.4) is 0 Å². The highest BCUT2D eigenvalue weighted by molar-refractivity contribution is 7.99. The molecular weight excluding hydrogens is 402 g/mol. The second-order valence-corrected chi connectivity index (χ2v) is 7.15. The Labute approximate surface area is 179 Å². The number of rotatable bonds is 11. The van der Waals surface area contributed by atoms with Crippen molar-refractivity contribution in [1.29, 1.82) is 0 Å². The van der Waals surface area contributed by atoms with Crippen molar-refractivity contribution in [2.24, 2.45) is 0 Å². The minimum Gasteiger partial charge on any atom is -0.497 e. The number of Topliss-reactive ketones (excluding diaryl/α,β-unsaturated/α-hetero) is 1. The van der Waals surface area contributed by atoms with E-state index in [4.69, 9.17) is 14.2 Å². The highest BCUT2D eigenvalue weighted by Gasteiger charge is 2.15. The first kappa shape index (κ1) is 21.4. The van der Waals surface area contributed by atoms with E-state index in [2.05, 4.69) is 16.8 Å². The Morgan fingerprint density at radius 1 is 1.00 bits per heavy atom. The minimum absolute atomic E-state index is 0.00633.